The molecule has 10 heteroatoms. The standard InChI is InChI=1S/C22H30N6O3.HI/c1-15-16(2)30-20(26-15)14-25-22(23-3)24-13-7-5-6-8-19-27-21(28-31-19)17-9-11-18(29-4)12-10-17;/h9-12H,5-8,13-14H2,1-4H3,(H2,23,24,25);1H. The molecule has 0 radical (unpaired) electrons. The molecular weight excluding hydrogens is 523 g/mol. The van der Waals surface area contributed by atoms with E-state index in [0.29, 0.717) is 24.2 Å². The molecule has 0 amide bonds. The van der Waals surface area contributed by atoms with E-state index in [1.165, 1.54) is 0 Å². The zero-order valence-corrected chi connectivity index (χ0v) is 21.3. The van der Waals surface area contributed by atoms with Crippen molar-refractivity contribution in [3.63, 3.8) is 0 Å². The number of oxazole rings is 1. The first-order valence-electron chi connectivity index (χ1n) is 10.4. The topological polar surface area (TPSA) is 111 Å². The predicted octanol–water partition coefficient (Wildman–Crippen LogP) is 4.05. The molecule has 9 nitrogen and oxygen atoms in total. The Hall–Kier alpha value is -2.63. The minimum Gasteiger partial charge on any atom is -0.497 e. The van der Waals surface area contributed by atoms with Gasteiger partial charge in [0.15, 0.2) is 5.96 Å². The molecule has 0 aliphatic carbocycles. The summed E-state index contributed by atoms with van der Waals surface area (Å²) in [5.74, 6) is 4.30. The number of benzene rings is 1. The quantitative estimate of drug-likeness (QED) is 0.167. The number of halogens is 1. The number of rotatable bonds is 10. The fourth-order valence-corrected chi connectivity index (χ4v) is 2.99. The number of guanidine groups is 1. The number of unbranched alkanes of at least 4 members (excludes halogenated alkanes) is 2. The van der Waals surface area contributed by atoms with Gasteiger partial charge in [-0.05, 0) is 51.0 Å². The zero-order chi connectivity index (χ0) is 22.1. The molecule has 2 N–H and O–H groups in total. The molecule has 0 fully saturated rings. The molecule has 2 heterocycles. The molecule has 0 bridgehead atoms. The van der Waals surface area contributed by atoms with Gasteiger partial charge in [0.05, 0.1) is 19.3 Å². The van der Waals surface area contributed by atoms with Gasteiger partial charge >= 0.3 is 0 Å². The van der Waals surface area contributed by atoms with Gasteiger partial charge in [-0.25, -0.2) is 4.98 Å². The normalized spacial score (nSPS) is 11.2. The average Bonchev–Trinajstić information content (AvgIpc) is 3.39. The van der Waals surface area contributed by atoms with Crippen molar-refractivity contribution in [2.24, 2.45) is 4.99 Å². The monoisotopic (exact) mass is 554 g/mol. The largest absolute Gasteiger partial charge is 0.497 e. The molecule has 2 aromatic heterocycles. The van der Waals surface area contributed by atoms with E-state index in [1.54, 1.807) is 14.2 Å². The molecule has 0 atom stereocenters. The summed E-state index contributed by atoms with van der Waals surface area (Å²) in [7, 11) is 3.39. The minimum absolute atomic E-state index is 0. The SMILES string of the molecule is CN=C(NCCCCCc1nc(-c2ccc(OC)cc2)no1)NCc1nc(C)c(C)o1.I. The Kier molecular flexibility index (Phi) is 10.4. The smallest absolute Gasteiger partial charge is 0.226 e. The van der Waals surface area contributed by atoms with E-state index in [9.17, 15) is 0 Å². The summed E-state index contributed by atoms with van der Waals surface area (Å²) >= 11 is 0. The highest BCUT2D eigenvalue weighted by molar-refractivity contribution is 14.0. The van der Waals surface area contributed by atoms with Crippen molar-refractivity contribution in [1.82, 2.24) is 25.8 Å². The maximum absolute atomic E-state index is 5.57. The summed E-state index contributed by atoms with van der Waals surface area (Å²) in [6, 6.07) is 7.61. The Balaban J connectivity index is 0.00000363. The van der Waals surface area contributed by atoms with E-state index < -0.39 is 0 Å². The van der Waals surface area contributed by atoms with Gasteiger partial charge in [-0.3, -0.25) is 4.99 Å². The first-order valence-corrected chi connectivity index (χ1v) is 10.4. The second-order valence-electron chi connectivity index (χ2n) is 7.15. The number of methoxy groups -OCH3 is 1. The van der Waals surface area contributed by atoms with Crippen molar-refractivity contribution in [2.75, 3.05) is 20.7 Å². The zero-order valence-electron chi connectivity index (χ0n) is 19.0. The molecule has 0 aliphatic rings. The maximum Gasteiger partial charge on any atom is 0.226 e. The van der Waals surface area contributed by atoms with E-state index in [1.807, 2.05) is 38.1 Å². The lowest BCUT2D eigenvalue weighted by Gasteiger charge is -2.10. The number of nitrogens with one attached hydrogen (secondary N) is 2. The third-order valence-electron chi connectivity index (χ3n) is 4.88. The summed E-state index contributed by atoms with van der Waals surface area (Å²) in [5, 5.41) is 10.6. The van der Waals surface area contributed by atoms with Crippen molar-refractivity contribution in [3.05, 3.63) is 47.5 Å². The van der Waals surface area contributed by atoms with Gasteiger partial charge in [0, 0.05) is 25.6 Å². The Labute approximate surface area is 205 Å². The van der Waals surface area contributed by atoms with Crippen molar-refractivity contribution < 1.29 is 13.7 Å². The van der Waals surface area contributed by atoms with Gasteiger partial charge in [-0.2, -0.15) is 4.98 Å². The lowest BCUT2D eigenvalue weighted by atomic mass is 10.2. The van der Waals surface area contributed by atoms with Gasteiger partial charge in [-0.15, -0.1) is 24.0 Å². The Morgan fingerprint density at radius 3 is 2.47 bits per heavy atom. The van der Waals surface area contributed by atoms with E-state index >= 15 is 0 Å². The Bertz CT molecular complexity index is 964. The first-order chi connectivity index (χ1) is 15.1. The molecule has 32 heavy (non-hydrogen) atoms. The molecule has 174 valence electrons. The molecule has 1 aromatic carbocycles. The van der Waals surface area contributed by atoms with Crippen LogP contribution in [0.5, 0.6) is 5.75 Å². The fraction of sp³-hybridized carbons (Fsp3) is 0.455. The number of nitrogens with zero attached hydrogens (tertiary/aromatic N) is 4. The van der Waals surface area contributed by atoms with Crippen LogP contribution in [-0.2, 0) is 13.0 Å². The van der Waals surface area contributed by atoms with Crippen LogP contribution >= 0.6 is 24.0 Å². The van der Waals surface area contributed by atoms with Crippen LogP contribution in [0.2, 0.25) is 0 Å². The number of aryl methyl sites for hydroxylation is 3. The molecule has 0 saturated heterocycles. The van der Waals surface area contributed by atoms with Crippen LogP contribution in [0.15, 0.2) is 38.2 Å². The molecule has 3 rings (SSSR count). The van der Waals surface area contributed by atoms with Gasteiger partial charge < -0.3 is 24.3 Å². The molecule has 0 saturated carbocycles. The van der Waals surface area contributed by atoms with E-state index in [0.717, 1.165) is 61.0 Å². The molecular formula is C22H31IN6O3. The summed E-state index contributed by atoms with van der Waals surface area (Å²) in [5.41, 5.74) is 1.83. The van der Waals surface area contributed by atoms with Crippen LogP contribution < -0.4 is 15.4 Å². The van der Waals surface area contributed by atoms with Crippen LogP contribution in [0.1, 0.15) is 42.5 Å². The third-order valence-corrected chi connectivity index (χ3v) is 4.88. The number of hydrogen-bond acceptors (Lipinski definition) is 7. The van der Waals surface area contributed by atoms with Crippen LogP contribution in [-0.4, -0.2) is 41.8 Å². The molecule has 0 aliphatic heterocycles. The number of ether oxygens (including phenoxy) is 1. The van der Waals surface area contributed by atoms with Crippen LogP contribution in [0, 0.1) is 13.8 Å². The van der Waals surface area contributed by atoms with Crippen molar-refractivity contribution in [3.8, 4) is 17.1 Å². The van der Waals surface area contributed by atoms with Gasteiger partial charge in [-0.1, -0.05) is 11.6 Å². The molecule has 0 unspecified atom stereocenters. The average molecular weight is 554 g/mol. The van der Waals surface area contributed by atoms with Crippen LogP contribution in [0.3, 0.4) is 0 Å². The van der Waals surface area contributed by atoms with E-state index in [4.69, 9.17) is 13.7 Å². The van der Waals surface area contributed by atoms with Crippen molar-refractivity contribution in [1.29, 1.82) is 0 Å². The predicted molar refractivity (Wildman–Crippen MR) is 133 cm³/mol. The number of aliphatic imine (C=N–C) groups is 1. The summed E-state index contributed by atoms with van der Waals surface area (Å²) in [4.78, 5) is 13.1. The third kappa shape index (κ3) is 7.50. The van der Waals surface area contributed by atoms with Crippen LogP contribution in [0.4, 0.5) is 0 Å². The van der Waals surface area contributed by atoms with Gasteiger partial charge in [0.2, 0.25) is 17.6 Å². The minimum atomic E-state index is 0. The Morgan fingerprint density at radius 1 is 1.03 bits per heavy atom. The number of aromatic nitrogens is 3. The molecule has 0 spiro atoms. The maximum atomic E-state index is 5.57. The van der Waals surface area contributed by atoms with Crippen molar-refractivity contribution >= 4 is 29.9 Å². The molecule has 3 aromatic rings. The van der Waals surface area contributed by atoms with E-state index in [2.05, 4.69) is 30.8 Å². The van der Waals surface area contributed by atoms with Gasteiger partial charge in [0.1, 0.15) is 11.5 Å². The highest BCUT2D eigenvalue weighted by atomic mass is 127. The summed E-state index contributed by atoms with van der Waals surface area (Å²) in [6.45, 7) is 5.17. The fourth-order valence-electron chi connectivity index (χ4n) is 2.99. The van der Waals surface area contributed by atoms with Gasteiger partial charge in [0.25, 0.3) is 0 Å². The lowest BCUT2D eigenvalue weighted by molar-refractivity contribution is 0.374. The summed E-state index contributed by atoms with van der Waals surface area (Å²) in [6.07, 6.45) is 3.80. The highest BCUT2D eigenvalue weighted by Crippen LogP contribution is 2.20. The second kappa shape index (κ2) is 13.0. The van der Waals surface area contributed by atoms with E-state index in [-0.39, 0.29) is 24.0 Å². The second-order valence-corrected chi connectivity index (χ2v) is 7.15. The van der Waals surface area contributed by atoms with Crippen LogP contribution in [0.25, 0.3) is 11.4 Å². The summed E-state index contributed by atoms with van der Waals surface area (Å²) < 4.78 is 16.1. The highest BCUT2D eigenvalue weighted by Gasteiger charge is 2.09. The first kappa shape index (κ1) is 25.6. The number of hydrogen-bond donors (Lipinski definition) is 2. The Morgan fingerprint density at radius 2 is 1.81 bits per heavy atom. The van der Waals surface area contributed by atoms with Crippen molar-refractivity contribution in [2.45, 2.75) is 46.1 Å². The lowest BCUT2D eigenvalue weighted by Crippen LogP contribution is -2.37.